The van der Waals surface area contributed by atoms with E-state index < -0.39 is 93.3 Å². The summed E-state index contributed by atoms with van der Waals surface area (Å²) in [6, 6.07) is 4.48. The largest absolute Gasteiger partial charge is 0.435 e. The molecule has 0 bridgehead atoms. The summed E-state index contributed by atoms with van der Waals surface area (Å²) in [5, 5.41) is 2.26. The molecule has 3 aromatic carbocycles. The zero-order valence-corrected chi connectivity index (χ0v) is 21.5. The Kier molecular flexibility index (Phi) is 9.38. The van der Waals surface area contributed by atoms with Crippen molar-refractivity contribution >= 4 is 34.8 Å². The number of carbonyl (C=O) groups is 2. The van der Waals surface area contributed by atoms with Crippen LogP contribution in [-0.2, 0) is 11.8 Å². The second kappa shape index (κ2) is 12.0. The van der Waals surface area contributed by atoms with E-state index in [-0.39, 0.29) is 11.6 Å². The first-order valence-electron chi connectivity index (χ1n) is 11.3. The van der Waals surface area contributed by atoms with Crippen LogP contribution in [0.2, 0.25) is 5.02 Å². The molecule has 0 radical (unpaired) electrons. The normalized spacial score (nSPS) is 12.7. The van der Waals surface area contributed by atoms with Gasteiger partial charge in [0.05, 0.1) is 21.8 Å². The maximum Gasteiger partial charge on any atom is 0.435 e. The number of hydrogen-bond donors (Lipinski definition) is 2. The third-order valence-electron chi connectivity index (χ3n) is 5.65. The Balaban J connectivity index is 1.97. The van der Waals surface area contributed by atoms with Gasteiger partial charge < -0.3 is 15.4 Å². The first kappa shape index (κ1) is 34.3. The summed E-state index contributed by atoms with van der Waals surface area (Å²) in [5.74, 6) is -5.98. The summed E-state index contributed by atoms with van der Waals surface area (Å²) in [7, 11) is 0. The van der Waals surface area contributed by atoms with E-state index in [0.717, 1.165) is 30.3 Å². The highest BCUT2D eigenvalue weighted by atomic mass is 35.5. The topological polar surface area (TPSA) is 67.4 Å². The van der Waals surface area contributed by atoms with Gasteiger partial charge in [0.15, 0.2) is 11.6 Å². The molecule has 19 heteroatoms. The molecule has 2 amide bonds. The summed E-state index contributed by atoms with van der Waals surface area (Å²) in [5.41, 5.74) is -12.9. The molecule has 0 aliphatic heterocycles. The molecule has 0 heterocycles. The van der Waals surface area contributed by atoms with E-state index in [1.165, 1.54) is 0 Å². The standard InChI is InChI=1S/C25H12ClF13N2O3/c26-14-8-12(22(30,24(34,35)36)25(37,38)39)9-16(44-21(28)29)18(14)41-20(43)13-2-1-3-15(17(13)27)40-19(42)10-4-6-11(7-5-10)23(31,32)33/h1-9,21H,(H,40,42)(H,41,43). The Morgan fingerprint density at radius 3 is 1.82 bits per heavy atom. The number of anilines is 2. The maximum absolute atomic E-state index is 15.1. The minimum atomic E-state index is -6.67. The third kappa shape index (κ3) is 6.95. The number of ether oxygens (including phenoxy) is 1. The van der Waals surface area contributed by atoms with E-state index in [2.05, 4.69) is 4.74 Å². The first-order chi connectivity index (χ1) is 20.1. The molecule has 0 aliphatic rings. The molecule has 0 aliphatic carbocycles. The average molecular weight is 671 g/mol. The summed E-state index contributed by atoms with van der Waals surface area (Å²) >= 11 is 5.64. The van der Waals surface area contributed by atoms with Gasteiger partial charge >= 0.3 is 30.8 Å². The number of hydrogen-bond acceptors (Lipinski definition) is 3. The maximum atomic E-state index is 15.1. The smallest absolute Gasteiger partial charge is 0.433 e. The first-order valence-corrected chi connectivity index (χ1v) is 11.7. The number of halogens is 14. The highest BCUT2D eigenvalue weighted by molar-refractivity contribution is 6.34. The van der Waals surface area contributed by atoms with Crippen LogP contribution in [0, 0.1) is 5.82 Å². The van der Waals surface area contributed by atoms with E-state index in [1.54, 1.807) is 5.32 Å². The molecule has 0 saturated carbocycles. The number of amides is 2. The van der Waals surface area contributed by atoms with Gasteiger partial charge in [-0.2, -0.15) is 48.3 Å². The second-order valence-electron chi connectivity index (χ2n) is 8.51. The van der Waals surface area contributed by atoms with Crippen LogP contribution < -0.4 is 15.4 Å². The zero-order chi connectivity index (χ0) is 33.4. The summed E-state index contributed by atoms with van der Waals surface area (Å²) in [6.45, 7) is -3.96. The summed E-state index contributed by atoms with van der Waals surface area (Å²) in [4.78, 5) is 25.1. The lowest BCUT2D eigenvalue weighted by atomic mass is 9.93. The van der Waals surface area contributed by atoms with Gasteiger partial charge in [0.2, 0.25) is 0 Å². The van der Waals surface area contributed by atoms with Crippen molar-refractivity contribution in [1.29, 1.82) is 0 Å². The van der Waals surface area contributed by atoms with Crippen LogP contribution in [0.1, 0.15) is 31.8 Å². The Hall–Kier alpha value is -4.22. The van der Waals surface area contributed by atoms with Gasteiger partial charge in [0.1, 0.15) is 5.69 Å². The number of nitrogens with one attached hydrogen (secondary N) is 2. The van der Waals surface area contributed by atoms with Crippen molar-refractivity contribution in [2.24, 2.45) is 0 Å². The van der Waals surface area contributed by atoms with E-state index in [9.17, 15) is 62.3 Å². The number of alkyl halides is 12. The van der Waals surface area contributed by atoms with Crippen LogP contribution in [0.25, 0.3) is 0 Å². The molecule has 238 valence electrons. The predicted molar refractivity (Wildman–Crippen MR) is 127 cm³/mol. The number of carbonyl (C=O) groups excluding carboxylic acids is 2. The Labute approximate surface area is 241 Å². The van der Waals surface area contributed by atoms with Crippen molar-refractivity contribution in [2.45, 2.75) is 30.8 Å². The minimum absolute atomic E-state index is 0.270. The fourth-order valence-corrected chi connectivity index (χ4v) is 3.83. The van der Waals surface area contributed by atoms with Crippen LogP contribution >= 0.6 is 11.6 Å². The van der Waals surface area contributed by atoms with Gasteiger partial charge in [-0.15, -0.1) is 0 Å². The molecular weight excluding hydrogens is 659 g/mol. The van der Waals surface area contributed by atoms with Crippen LogP contribution in [-0.4, -0.2) is 30.8 Å². The molecule has 3 rings (SSSR count). The summed E-state index contributed by atoms with van der Waals surface area (Å²) in [6.07, 6.45) is -18.1. The van der Waals surface area contributed by atoms with E-state index in [0.29, 0.717) is 12.1 Å². The molecule has 0 atom stereocenters. The van der Waals surface area contributed by atoms with E-state index >= 15 is 4.39 Å². The Morgan fingerprint density at radius 1 is 0.750 bits per heavy atom. The van der Waals surface area contributed by atoms with Gasteiger partial charge in [0, 0.05) is 11.1 Å². The second-order valence-corrected chi connectivity index (χ2v) is 8.92. The molecule has 2 N–H and O–H groups in total. The van der Waals surface area contributed by atoms with Crippen molar-refractivity contribution in [2.75, 3.05) is 10.6 Å². The molecule has 0 saturated heterocycles. The predicted octanol–water partition coefficient (Wildman–Crippen LogP) is 8.89. The highest BCUT2D eigenvalue weighted by Crippen LogP contribution is 2.55. The molecule has 0 fully saturated rings. The van der Waals surface area contributed by atoms with Crippen molar-refractivity contribution in [3.8, 4) is 5.75 Å². The fraction of sp³-hybridized carbons (Fsp3) is 0.200. The Morgan fingerprint density at radius 2 is 1.32 bits per heavy atom. The quantitative estimate of drug-likeness (QED) is 0.247. The van der Waals surface area contributed by atoms with Gasteiger partial charge in [-0.05, 0) is 48.5 Å². The summed E-state index contributed by atoms with van der Waals surface area (Å²) < 4.78 is 177. The molecular formula is C25H12ClF13N2O3. The molecule has 5 nitrogen and oxygen atoms in total. The van der Waals surface area contributed by atoms with E-state index in [1.807, 2.05) is 5.32 Å². The zero-order valence-electron chi connectivity index (χ0n) is 20.8. The number of benzene rings is 3. The van der Waals surface area contributed by atoms with Crippen LogP contribution in [0.5, 0.6) is 5.75 Å². The van der Waals surface area contributed by atoms with Gasteiger partial charge in [-0.3, -0.25) is 9.59 Å². The van der Waals surface area contributed by atoms with Crippen molar-refractivity contribution < 1.29 is 71.4 Å². The molecule has 0 unspecified atom stereocenters. The van der Waals surface area contributed by atoms with E-state index in [4.69, 9.17) is 11.6 Å². The Bertz CT molecular complexity index is 1540. The monoisotopic (exact) mass is 670 g/mol. The van der Waals surface area contributed by atoms with Crippen LogP contribution in [0.4, 0.5) is 68.5 Å². The average Bonchev–Trinajstić information content (AvgIpc) is 2.89. The molecule has 0 spiro atoms. The van der Waals surface area contributed by atoms with Crippen LogP contribution in [0.15, 0.2) is 54.6 Å². The van der Waals surface area contributed by atoms with Gasteiger partial charge in [-0.25, -0.2) is 8.78 Å². The lowest BCUT2D eigenvalue weighted by Crippen LogP contribution is -2.50. The number of rotatable bonds is 7. The van der Waals surface area contributed by atoms with Gasteiger partial charge in [0.25, 0.3) is 11.8 Å². The van der Waals surface area contributed by atoms with Crippen molar-refractivity contribution in [3.63, 3.8) is 0 Å². The van der Waals surface area contributed by atoms with Crippen molar-refractivity contribution in [1.82, 2.24) is 0 Å². The minimum Gasteiger partial charge on any atom is -0.433 e. The highest BCUT2D eigenvalue weighted by Gasteiger charge is 2.73. The molecule has 0 aromatic heterocycles. The fourth-order valence-electron chi connectivity index (χ4n) is 3.57. The lowest BCUT2D eigenvalue weighted by Gasteiger charge is -2.31. The SMILES string of the molecule is O=C(Nc1cccc(C(=O)Nc2c(Cl)cc(C(F)(C(F)(F)F)C(F)(F)F)cc2OC(F)F)c1F)c1ccc(C(F)(F)F)cc1. The molecule has 44 heavy (non-hydrogen) atoms. The molecule has 3 aromatic rings. The van der Waals surface area contributed by atoms with Crippen molar-refractivity contribution in [3.05, 3.63) is 87.7 Å². The van der Waals surface area contributed by atoms with Crippen LogP contribution in [0.3, 0.4) is 0 Å². The lowest BCUT2D eigenvalue weighted by molar-refractivity contribution is -0.348. The third-order valence-corrected chi connectivity index (χ3v) is 5.95. The van der Waals surface area contributed by atoms with Gasteiger partial charge in [-0.1, -0.05) is 17.7 Å².